The molecule has 0 N–H and O–H groups in total. The predicted octanol–water partition coefficient (Wildman–Crippen LogP) is 4.40. The number of nitrogens with zero attached hydrogens (tertiary/aromatic N) is 1. The molecule has 1 aliphatic rings. The molecule has 19 heavy (non-hydrogen) atoms. The van der Waals surface area contributed by atoms with Crippen LogP contribution in [-0.2, 0) is 0 Å². The van der Waals surface area contributed by atoms with Gasteiger partial charge in [-0.2, -0.15) is 0 Å². The molecule has 2 aromatic rings. The monoisotopic (exact) mass is 337 g/mol. The zero-order valence-electron chi connectivity index (χ0n) is 10.9. The average Bonchev–Trinajstić information content (AvgIpc) is 2.41. The molecule has 3 rings (SSSR count). The smallest absolute Gasteiger partial charge is 0.211 e. The van der Waals surface area contributed by atoms with Crippen LogP contribution >= 0.6 is 27.3 Å². The summed E-state index contributed by atoms with van der Waals surface area (Å²) in [4.78, 5) is 15.0. The van der Waals surface area contributed by atoms with Crippen LogP contribution in [0.4, 0.5) is 5.69 Å². The van der Waals surface area contributed by atoms with E-state index in [0.717, 1.165) is 26.8 Å². The van der Waals surface area contributed by atoms with Crippen molar-refractivity contribution in [1.29, 1.82) is 0 Å². The van der Waals surface area contributed by atoms with Crippen LogP contribution in [-0.4, -0.2) is 12.6 Å². The van der Waals surface area contributed by atoms with Gasteiger partial charge in [-0.1, -0.05) is 15.9 Å². The van der Waals surface area contributed by atoms with Crippen molar-refractivity contribution in [1.82, 2.24) is 0 Å². The van der Waals surface area contributed by atoms with Crippen LogP contribution in [0.5, 0.6) is 0 Å². The predicted molar refractivity (Wildman–Crippen MR) is 86.5 cm³/mol. The van der Waals surface area contributed by atoms with Crippen LogP contribution < -0.4 is 10.3 Å². The number of benzene rings is 1. The summed E-state index contributed by atoms with van der Waals surface area (Å²) in [6.07, 6.45) is 3.64. The molecule has 0 radical (unpaired) electrons. The largest absolute Gasteiger partial charge is 0.365 e. The maximum absolute atomic E-state index is 12.7. The number of anilines is 1. The Labute approximate surface area is 125 Å². The van der Waals surface area contributed by atoms with Crippen LogP contribution in [0.1, 0.15) is 26.2 Å². The molecule has 100 valence electrons. The maximum atomic E-state index is 12.7. The molecule has 0 aliphatic carbocycles. The highest BCUT2D eigenvalue weighted by atomic mass is 79.9. The van der Waals surface area contributed by atoms with Gasteiger partial charge in [0.05, 0.1) is 5.69 Å². The Morgan fingerprint density at radius 2 is 2.21 bits per heavy atom. The fourth-order valence-electron chi connectivity index (χ4n) is 2.75. The van der Waals surface area contributed by atoms with E-state index in [0.29, 0.717) is 6.04 Å². The first kappa shape index (κ1) is 13.1. The van der Waals surface area contributed by atoms with Gasteiger partial charge in [0, 0.05) is 32.5 Å². The van der Waals surface area contributed by atoms with Crippen molar-refractivity contribution in [3.05, 3.63) is 38.3 Å². The minimum atomic E-state index is 0.170. The Morgan fingerprint density at radius 1 is 1.37 bits per heavy atom. The van der Waals surface area contributed by atoms with E-state index in [4.69, 9.17) is 0 Å². The number of piperidine rings is 1. The van der Waals surface area contributed by atoms with Gasteiger partial charge in [-0.05, 0) is 44.4 Å². The highest BCUT2D eigenvalue weighted by Crippen LogP contribution is 2.27. The number of halogens is 1. The summed E-state index contributed by atoms with van der Waals surface area (Å²) < 4.78 is 2.02. The van der Waals surface area contributed by atoms with E-state index in [-0.39, 0.29) is 5.43 Å². The molecule has 0 spiro atoms. The van der Waals surface area contributed by atoms with Crippen LogP contribution in [0, 0.1) is 0 Å². The van der Waals surface area contributed by atoms with E-state index >= 15 is 0 Å². The summed E-state index contributed by atoms with van der Waals surface area (Å²) in [6.45, 7) is 3.22. The third kappa shape index (κ3) is 2.43. The topological polar surface area (TPSA) is 20.3 Å². The van der Waals surface area contributed by atoms with Crippen LogP contribution in [0.3, 0.4) is 0 Å². The fraction of sp³-hybridized carbons (Fsp3) is 0.400. The molecule has 1 unspecified atom stereocenters. The minimum absolute atomic E-state index is 0.170. The number of hydrogen-bond donors (Lipinski definition) is 0. The van der Waals surface area contributed by atoms with Gasteiger partial charge in [-0.15, -0.1) is 11.3 Å². The number of hydrogen-bond acceptors (Lipinski definition) is 3. The molecule has 1 atom stereocenters. The summed E-state index contributed by atoms with van der Waals surface area (Å²) in [6, 6.07) is 6.40. The molecule has 1 aromatic heterocycles. The van der Waals surface area contributed by atoms with Crippen molar-refractivity contribution in [2.24, 2.45) is 0 Å². The van der Waals surface area contributed by atoms with E-state index in [1.807, 2.05) is 23.6 Å². The third-order valence-corrected chi connectivity index (χ3v) is 5.27. The maximum Gasteiger partial charge on any atom is 0.211 e. The van der Waals surface area contributed by atoms with Gasteiger partial charge in [0.25, 0.3) is 0 Å². The zero-order chi connectivity index (χ0) is 13.4. The second kappa shape index (κ2) is 5.25. The summed E-state index contributed by atoms with van der Waals surface area (Å²) in [5.41, 5.74) is 1.05. The average molecular weight is 338 g/mol. The van der Waals surface area contributed by atoms with Crippen molar-refractivity contribution >= 4 is 43.0 Å². The first-order valence-corrected chi connectivity index (χ1v) is 8.32. The summed E-state index contributed by atoms with van der Waals surface area (Å²) in [5.74, 6) is 0. The Bertz CT molecular complexity index is 667. The molecule has 1 saturated heterocycles. The molecule has 2 heterocycles. The lowest BCUT2D eigenvalue weighted by Crippen LogP contribution is -2.39. The Hall–Kier alpha value is -0.870. The van der Waals surface area contributed by atoms with Gasteiger partial charge < -0.3 is 4.90 Å². The lowest BCUT2D eigenvalue weighted by molar-refractivity contribution is 0.484. The molecule has 0 bridgehead atoms. The first-order valence-electron chi connectivity index (χ1n) is 6.64. The molecular formula is C15H16BrNOS. The van der Waals surface area contributed by atoms with Gasteiger partial charge in [0.15, 0.2) is 0 Å². The van der Waals surface area contributed by atoms with Crippen LogP contribution in [0.2, 0.25) is 0 Å². The summed E-state index contributed by atoms with van der Waals surface area (Å²) >= 11 is 5.11. The van der Waals surface area contributed by atoms with Crippen molar-refractivity contribution in [3.63, 3.8) is 0 Å². The van der Waals surface area contributed by atoms with E-state index in [9.17, 15) is 4.79 Å². The Balaban J connectivity index is 2.14. The molecule has 0 saturated carbocycles. The molecule has 1 fully saturated rings. The number of rotatable bonds is 1. The zero-order valence-corrected chi connectivity index (χ0v) is 13.3. The SMILES string of the molecule is CC1CCCCN1c1csc2ccc(Br)cc2c1=O. The first-order chi connectivity index (χ1) is 9.16. The van der Waals surface area contributed by atoms with Crippen LogP contribution in [0.15, 0.2) is 32.8 Å². The van der Waals surface area contributed by atoms with Crippen molar-refractivity contribution in [2.45, 2.75) is 32.2 Å². The quantitative estimate of drug-likeness (QED) is 0.768. The van der Waals surface area contributed by atoms with Gasteiger partial charge in [-0.25, -0.2) is 0 Å². The van der Waals surface area contributed by atoms with E-state index in [1.54, 1.807) is 11.3 Å². The van der Waals surface area contributed by atoms with E-state index in [1.165, 1.54) is 19.3 Å². The van der Waals surface area contributed by atoms with Gasteiger partial charge >= 0.3 is 0 Å². The van der Waals surface area contributed by atoms with Crippen molar-refractivity contribution < 1.29 is 0 Å². The minimum Gasteiger partial charge on any atom is -0.365 e. The molecule has 0 amide bonds. The standard InChI is InChI=1S/C15H16BrNOS/c1-10-4-2-3-7-17(10)13-9-19-14-6-5-11(16)8-12(14)15(13)18/h5-6,8-10H,2-4,7H2,1H3. The van der Waals surface area contributed by atoms with Gasteiger partial charge in [0.2, 0.25) is 5.43 Å². The Morgan fingerprint density at radius 3 is 3.00 bits per heavy atom. The van der Waals surface area contributed by atoms with Crippen molar-refractivity contribution in [3.8, 4) is 0 Å². The van der Waals surface area contributed by atoms with Gasteiger partial charge in [0.1, 0.15) is 0 Å². The second-order valence-electron chi connectivity index (χ2n) is 5.13. The van der Waals surface area contributed by atoms with Gasteiger partial charge in [-0.3, -0.25) is 4.79 Å². The lowest BCUT2D eigenvalue weighted by Gasteiger charge is -2.34. The molecular weight excluding hydrogens is 322 g/mol. The summed E-state index contributed by atoms with van der Waals surface area (Å²) in [5, 5.41) is 2.86. The highest BCUT2D eigenvalue weighted by Gasteiger charge is 2.21. The normalized spacial score (nSPS) is 19.9. The Kier molecular flexibility index (Phi) is 3.63. The van der Waals surface area contributed by atoms with Crippen LogP contribution in [0.25, 0.3) is 10.1 Å². The van der Waals surface area contributed by atoms with E-state index < -0.39 is 0 Å². The van der Waals surface area contributed by atoms with Crippen molar-refractivity contribution in [2.75, 3.05) is 11.4 Å². The molecule has 1 aliphatic heterocycles. The summed E-state index contributed by atoms with van der Waals surface area (Å²) in [7, 11) is 0. The second-order valence-corrected chi connectivity index (χ2v) is 6.96. The molecule has 2 nitrogen and oxygen atoms in total. The molecule has 1 aromatic carbocycles. The fourth-order valence-corrected chi connectivity index (χ4v) is 4.01. The lowest BCUT2D eigenvalue weighted by atomic mass is 10.0. The van der Waals surface area contributed by atoms with E-state index in [2.05, 4.69) is 27.8 Å². The highest BCUT2D eigenvalue weighted by molar-refractivity contribution is 9.10. The number of fused-ring (bicyclic) bond motifs is 1. The molecule has 4 heteroatoms. The third-order valence-electron chi connectivity index (χ3n) is 3.83.